The summed E-state index contributed by atoms with van der Waals surface area (Å²) in [5.74, 6) is 5.14. The molecule has 5 heteroatoms. The Morgan fingerprint density at radius 3 is 2.55 bits per heavy atom. The molecular formula is C15H16F2N2O. The molecule has 2 aromatic carbocycles. The van der Waals surface area contributed by atoms with Gasteiger partial charge in [-0.1, -0.05) is 12.1 Å². The number of aryl methyl sites for hydroxylation is 1. The molecule has 3 nitrogen and oxygen atoms in total. The maximum absolute atomic E-state index is 13.9. The molecule has 0 spiro atoms. The standard InChI is InChI=1S/C15H16F2N2O/c1-9-3-4-10(7-14(9)20-2)15(19-18)12-8-11(16)5-6-13(12)17/h3-8,15,19H,18H2,1-2H3. The van der Waals surface area contributed by atoms with Crippen molar-refractivity contribution in [1.82, 2.24) is 5.43 Å². The lowest BCUT2D eigenvalue weighted by Crippen LogP contribution is -2.29. The lowest BCUT2D eigenvalue weighted by Gasteiger charge is -2.19. The molecule has 3 N–H and O–H groups in total. The number of hydrogen-bond donors (Lipinski definition) is 2. The van der Waals surface area contributed by atoms with E-state index in [-0.39, 0.29) is 5.56 Å². The van der Waals surface area contributed by atoms with Crippen molar-refractivity contribution in [3.8, 4) is 5.75 Å². The number of ether oxygens (including phenoxy) is 1. The highest BCUT2D eigenvalue weighted by atomic mass is 19.1. The van der Waals surface area contributed by atoms with Crippen LogP contribution >= 0.6 is 0 Å². The first-order valence-electron chi connectivity index (χ1n) is 6.12. The van der Waals surface area contributed by atoms with Crippen molar-refractivity contribution in [2.45, 2.75) is 13.0 Å². The van der Waals surface area contributed by atoms with E-state index in [1.54, 1.807) is 19.2 Å². The zero-order valence-electron chi connectivity index (χ0n) is 11.3. The third-order valence-corrected chi connectivity index (χ3v) is 3.20. The van der Waals surface area contributed by atoms with Crippen LogP contribution in [-0.2, 0) is 0 Å². The Kier molecular flexibility index (Phi) is 4.32. The van der Waals surface area contributed by atoms with Crippen molar-refractivity contribution in [3.05, 3.63) is 64.7 Å². The van der Waals surface area contributed by atoms with Gasteiger partial charge in [-0.25, -0.2) is 14.2 Å². The van der Waals surface area contributed by atoms with Gasteiger partial charge in [-0.2, -0.15) is 0 Å². The second-order valence-corrected chi connectivity index (χ2v) is 4.49. The summed E-state index contributed by atoms with van der Waals surface area (Å²) in [6, 6.07) is 8.03. The monoisotopic (exact) mass is 278 g/mol. The van der Waals surface area contributed by atoms with Crippen molar-refractivity contribution in [3.63, 3.8) is 0 Å². The van der Waals surface area contributed by atoms with E-state index in [1.807, 2.05) is 13.0 Å². The highest BCUT2D eigenvalue weighted by Crippen LogP contribution is 2.28. The molecule has 1 atom stereocenters. The van der Waals surface area contributed by atoms with Crippen LogP contribution in [0.5, 0.6) is 5.75 Å². The van der Waals surface area contributed by atoms with Gasteiger partial charge in [0.1, 0.15) is 17.4 Å². The number of benzene rings is 2. The number of halogens is 2. The van der Waals surface area contributed by atoms with Crippen LogP contribution in [0, 0.1) is 18.6 Å². The van der Waals surface area contributed by atoms with Crippen LogP contribution in [-0.4, -0.2) is 7.11 Å². The minimum Gasteiger partial charge on any atom is -0.496 e. The molecule has 0 aromatic heterocycles. The maximum Gasteiger partial charge on any atom is 0.128 e. The Bertz CT molecular complexity index is 617. The van der Waals surface area contributed by atoms with E-state index >= 15 is 0 Å². The summed E-state index contributed by atoms with van der Waals surface area (Å²) in [5.41, 5.74) is 4.31. The van der Waals surface area contributed by atoms with Crippen LogP contribution in [0.15, 0.2) is 36.4 Å². The zero-order chi connectivity index (χ0) is 14.7. The summed E-state index contributed by atoms with van der Waals surface area (Å²) in [6.45, 7) is 1.90. The van der Waals surface area contributed by atoms with E-state index in [0.29, 0.717) is 11.3 Å². The minimum atomic E-state index is -0.653. The molecule has 0 aliphatic heterocycles. The van der Waals surface area contributed by atoms with Crippen LogP contribution in [0.3, 0.4) is 0 Å². The molecule has 106 valence electrons. The molecule has 0 aliphatic carbocycles. The van der Waals surface area contributed by atoms with E-state index in [2.05, 4.69) is 5.43 Å². The SMILES string of the molecule is COc1cc(C(NN)c2cc(F)ccc2F)ccc1C. The molecule has 2 rings (SSSR count). The zero-order valence-corrected chi connectivity index (χ0v) is 11.3. The van der Waals surface area contributed by atoms with Gasteiger partial charge >= 0.3 is 0 Å². The number of nitrogens with one attached hydrogen (secondary N) is 1. The van der Waals surface area contributed by atoms with Gasteiger partial charge in [0.05, 0.1) is 13.2 Å². The normalized spacial score (nSPS) is 12.2. The number of methoxy groups -OCH3 is 1. The molecule has 0 radical (unpaired) electrons. The molecule has 0 aliphatic rings. The number of hydrogen-bond acceptors (Lipinski definition) is 3. The Hall–Kier alpha value is -1.98. The fraction of sp³-hybridized carbons (Fsp3) is 0.200. The van der Waals surface area contributed by atoms with Crippen LogP contribution in [0.1, 0.15) is 22.7 Å². The van der Waals surface area contributed by atoms with Crippen LogP contribution < -0.4 is 16.0 Å². The van der Waals surface area contributed by atoms with Crippen molar-refractivity contribution < 1.29 is 13.5 Å². The lowest BCUT2D eigenvalue weighted by molar-refractivity contribution is 0.410. The quantitative estimate of drug-likeness (QED) is 0.668. The van der Waals surface area contributed by atoms with Gasteiger partial charge in [-0.15, -0.1) is 0 Å². The smallest absolute Gasteiger partial charge is 0.128 e. The van der Waals surface area contributed by atoms with Gasteiger partial charge in [0.25, 0.3) is 0 Å². The Morgan fingerprint density at radius 1 is 1.15 bits per heavy atom. The molecule has 0 fully saturated rings. The fourth-order valence-corrected chi connectivity index (χ4v) is 2.12. The Labute approximate surface area is 116 Å². The summed E-state index contributed by atoms with van der Waals surface area (Å²) >= 11 is 0. The molecule has 0 amide bonds. The molecule has 0 saturated heterocycles. The summed E-state index contributed by atoms with van der Waals surface area (Å²) in [6.07, 6.45) is 0. The molecule has 2 aromatic rings. The first-order chi connectivity index (χ1) is 9.56. The van der Waals surface area contributed by atoms with Crippen LogP contribution in [0.4, 0.5) is 8.78 Å². The summed E-state index contributed by atoms with van der Waals surface area (Å²) in [5, 5.41) is 0. The van der Waals surface area contributed by atoms with Gasteiger partial charge in [0.2, 0.25) is 0 Å². The average Bonchev–Trinajstić information content (AvgIpc) is 2.45. The van der Waals surface area contributed by atoms with Gasteiger partial charge < -0.3 is 4.74 Å². The van der Waals surface area contributed by atoms with Crippen molar-refractivity contribution in [2.24, 2.45) is 5.84 Å². The van der Waals surface area contributed by atoms with E-state index in [1.165, 1.54) is 0 Å². The maximum atomic E-state index is 13.9. The van der Waals surface area contributed by atoms with Gasteiger partial charge in [-0.3, -0.25) is 5.84 Å². The second kappa shape index (κ2) is 5.98. The molecule has 1 unspecified atom stereocenters. The van der Waals surface area contributed by atoms with Crippen molar-refractivity contribution in [1.29, 1.82) is 0 Å². The summed E-state index contributed by atoms with van der Waals surface area (Å²) in [7, 11) is 1.56. The van der Waals surface area contributed by atoms with E-state index in [0.717, 1.165) is 23.8 Å². The topological polar surface area (TPSA) is 47.3 Å². The summed E-state index contributed by atoms with van der Waals surface area (Å²) in [4.78, 5) is 0. The predicted octanol–water partition coefficient (Wildman–Crippen LogP) is 2.83. The van der Waals surface area contributed by atoms with E-state index < -0.39 is 17.7 Å². The molecule has 0 bridgehead atoms. The van der Waals surface area contributed by atoms with E-state index in [9.17, 15) is 8.78 Å². The number of hydrazine groups is 1. The minimum absolute atomic E-state index is 0.151. The first-order valence-corrected chi connectivity index (χ1v) is 6.12. The van der Waals surface area contributed by atoms with Crippen molar-refractivity contribution >= 4 is 0 Å². The third-order valence-electron chi connectivity index (χ3n) is 3.20. The highest BCUT2D eigenvalue weighted by molar-refractivity contribution is 5.41. The van der Waals surface area contributed by atoms with E-state index in [4.69, 9.17) is 10.6 Å². The molecule has 0 saturated carbocycles. The van der Waals surface area contributed by atoms with Gasteiger partial charge in [0.15, 0.2) is 0 Å². The predicted molar refractivity (Wildman–Crippen MR) is 73.3 cm³/mol. The largest absolute Gasteiger partial charge is 0.496 e. The van der Waals surface area contributed by atoms with Gasteiger partial charge in [0, 0.05) is 5.56 Å². The summed E-state index contributed by atoms with van der Waals surface area (Å²) < 4.78 is 32.4. The first kappa shape index (κ1) is 14.4. The molecular weight excluding hydrogens is 262 g/mol. The van der Waals surface area contributed by atoms with Crippen molar-refractivity contribution in [2.75, 3.05) is 7.11 Å². The Balaban J connectivity index is 2.49. The van der Waals surface area contributed by atoms with Crippen LogP contribution in [0.2, 0.25) is 0 Å². The highest BCUT2D eigenvalue weighted by Gasteiger charge is 2.18. The Morgan fingerprint density at radius 2 is 1.90 bits per heavy atom. The lowest BCUT2D eigenvalue weighted by atomic mass is 9.97. The third kappa shape index (κ3) is 2.79. The molecule has 0 heterocycles. The second-order valence-electron chi connectivity index (χ2n) is 4.49. The number of nitrogens with two attached hydrogens (primary N) is 1. The number of rotatable bonds is 4. The average molecular weight is 278 g/mol. The van der Waals surface area contributed by atoms with Crippen LogP contribution in [0.25, 0.3) is 0 Å². The van der Waals surface area contributed by atoms with Gasteiger partial charge in [-0.05, 0) is 42.3 Å². The molecule has 20 heavy (non-hydrogen) atoms. The fourth-order valence-electron chi connectivity index (χ4n) is 2.12.